The van der Waals surface area contributed by atoms with Gasteiger partial charge in [0.25, 0.3) is 0 Å². The smallest absolute Gasteiger partial charge is 0.173 e. The van der Waals surface area contributed by atoms with Gasteiger partial charge in [0.2, 0.25) is 0 Å². The van der Waals surface area contributed by atoms with E-state index in [0.717, 1.165) is 29.8 Å². The minimum Gasteiger partial charge on any atom is -0.349 e. The van der Waals surface area contributed by atoms with E-state index in [1.54, 1.807) is 0 Å². The summed E-state index contributed by atoms with van der Waals surface area (Å²) in [6, 6.07) is 10.1. The summed E-state index contributed by atoms with van der Waals surface area (Å²) in [6.45, 7) is 4.46. The SMILES string of the molecule is CC1CCCN(C(=S)Nc2ccccc2)C1. The van der Waals surface area contributed by atoms with Crippen molar-refractivity contribution in [2.45, 2.75) is 19.8 Å². The molecule has 1 N–H and O–H groups in total. The molecular formula is C13H18N2S. The second kappa shape index (κ2) is 5.30. The number of para-hydroxylation sites is 1. The summed E-state index contributed by atoms with van der Waals surface area (Å²) in [5.41, 5.74) is 1.07. The Hall–Kier alpha value is -1.09. The number of likely N-dealkylation sites (tertiary alicyclic amines) is 1. The molecule has 1 heterocycles. The Morgan fingerprint density at radius 1 is 1.38 bits per heavy atom. The van der Waals surface area contributed by atoms with Crippen molar-refractivity contribution in [3.05, 3.63) is 30.3 Å². The van der Waals surface area contributed by atoms with Gasteiger partial charge in [-0.3, -0.25) is 0 Å². The Kier molecular flexibility index (Phi) is 3.78. The standard InChI is InChI=1S/C13H18N2S/c1-11-6-5-9-15(10-11)13(16)14-12-7-3-2-4-8-12/h2-4,7-8,11H,5-6,9-10H2,1H3,(H,14,16). The fourth-order valence-corrected chi connectivity index (χ4v) is 2.38. The zero-order valence-electron chi connectivity index (χ0n) is 9.65. The molecule has 1 aromatic carbocycles. The molecule has 1 saturated heterocycles. The molecule has 1 atom stereocenters. The lowest BCUT2D eigenvalue weighted by Gasteiger charge is -2.33. The van der Waals surface area contributed by atoms with Gasteiger partial charge >= 0.3 is 0 Å². The molecule has 1 aliphatic rings. The van der Waals surface area contributed by atoms with E-state index >= 15 is 0 Å². The number of anilines is 1. The molecule has 0 saturated carbocycles. The third-order valence-corrected chi connectivity index (χ3v) is 3.33. The number of nitrogens with zero attached hydrogens (tertiary/aromatic N) is 1. The monoisotopic (exact) mass is 234 g/mol. The first-order valence-corrected chi connectivity index (χ1v) is 6.27. The van der Waals surface area contributed by atoms with Gasteiger partial charge in [0, 0.05) is 18.8 Å². The van der Waals surface area contributed by atoms with Crippen LogP contribution in [0.3, 0.4) is 0 Å². The molecule has 0 aromatic heterocycles. The van der Waals surface area contributed by atoms with E-state index in [1.807, 2.05) is 30.3 Å². The third kappa shape index (κ3) is 2.95. The maximum Gasteiger partial charge on any atom is 0.173 e. The highest BCUT2D eigenvalue weighted by Gasteiger charge is 2.18. The maximum absolute atomic E-state index is 5.42. The molecule has 86 valence electrons. The number of piperidine rings is 1. The minimum absolute atomic E-state index is 0.754. The van der Waals surface area contributed by atoms with Gasteiger partial charge in [0.05, 0.1) is 0 Å². The summed E-state index contributed by atoms with van der Waals surface area (Å²) in [4.78, 5) is 2.27. The Labute approximate surface area is 103 Å². The first-order valence-electron chi connectivity index (χ1n) is 5.86. The van der Waals surface area contributed by atoms with Crippen LogP contribution in [0, 0.1) is 5.92 Å². The molecule has 0 radical (unpaired) electrons. The van der Waals surface area contributed by atoms with Crippen LogP contribution in [0.25, 0.3) is 0 Å². The number of hydrogen-bond acceptors (Lipinski definition) is 1. The molecule has 0 amide bonds. The summed E-state index contributed by atoms with van der Waals surface area (Å²) in [7, 11) is 0. The van der Waals surface area contributed by atoms with Crippen LogP contribution in [0.4, 0.5) is 5.69 Å². The van der Waals surface area contributed by atoms with Gasteiger partial charge in [0.15, 0.2) is 5.11 Å². The molecule has 2 rings (SSSR count). The third-order valence-electron chi connectivity index (χ3n) is 2.97. The van der Waals surface area contributed by atoms with Crippen LogP contribution in [0.15, 0.2) is 30.3 Å². The van der Waals surface area contributed by atoms with Crippen molar-refractivity contribution >= 4 is 23.0 Å². The average molecular weight is 234 g/mol. The second-order valence-electron chi connectivity index (χ2n) is 4.49. The van der Waals surface area contributed by atoms with Gasteiger partial charge in [-0.25, -0.2) is 0 Å². The van der Waals surface area contributed by atoms with Gasteiger partial charge in [-0.15, -0.1) is 0 Å². The molecule has 16 heavy (non-hydrogen) atoms. The number of benzene rings is 1. The molecule has 3 heteroatoms. The van der Waals surface area contributed by atoms with Crippen molar-refractivity contribution in [3.63, 3.8) is 0 Å². The maximum atomic E-state index is 5.42. The highest BCUT2D eigenvalue weighted by atomic mass is 32.1. The summed E-state index contributed by atoms with van der Waals surface area (Å²) in [5.74, 6) is 0.754. The van der Waals surface area contributed by atoms with Crippen molar-refractivity contribution in [1.29, 1.82) is 0 Å². The summed E-state index contributed by atoms with van der Waals surface area (Å²) in [5, 5.41) is 4.15. The average Bonchev–Trinajstić information content (AvgIpc) is 2.30. The zero-order valence-corrected chi connectivity index (χ0v) is 10.5. The van der Waals surface area contributed by atoms with Crippen molar-refractivity contribution in [3.8, 4) is 0 Å². The molecule has 1 aromatic rings. The van der Waals surface area contributed by atoms with Crippen LogP contribution in [0.5, 0.6) is 0 Å². The van der Waals surface area contributed by atoms with Crippen molar-refractivity contribution in [2.24, 2.45) is 5.92 Å². The van der Waals surface area contributed by atoms with Crippen LogP contribution < -0.4 is 5.32 Å². The highest BCUT2D eigenvalue weighted by Crippen LogP contribution is 2.16. The molecule has 1 fully saturated rings. The predicted molar refractivity (Wildman–Crippen MR) is 72.6 cm³/mol. The summed E-state index contributed by atoms with van der Waals surface area (Å²) < 4.78 is 0. The van der Waals surface area contributed by atoms with E-state index in [9.17, 15) is 0 Å². The summed E-state index contributed by atoms with van der Waals surface area (Å²) >= 11 is 5.42. The van der Waals surface area contributed by atoms with E-state index in [4.69, 9.17) is 12.2 Å². The zero-order chi connectivity index (χ0) is 11.4. The first-order chi connectivity index (χ1) is 7.75. The summed E-state index contributed by atoms with van der Waals surface area (Å²) in [6.07, 6.45) is 2.57. The Morgan fingerprint density at radius 2 is 2.12 bits per heavy atom. The molecule has 0 aliphatic carbocycles. The van der Waals surface area contributed by atoms with Gasteiger partial charge in [-0.1, -0.05) is 25.1 Å². The topological polar surface area (TPSA) is 15.3 Å². The van der Waals surface area contributed by atoms with E-state index < -0.39 is 0 Å². The van der Waals surface area contributed by atoms with E-state index in [0.29, 0.717) is 0 Å². The molecule has 2 nitrogen and oxygen atoms in total. The molecule has 0 spiro atoms. The van der Waals surface area contributed by atoms with Crippen LogP contribution in [0.2, 0.25) is 0 Å². The van der Waals surface area contributed by atoms with Gasteiger partial charge in [-0.2, -0.15) is 0 Å². The lowest BCUT2D eigenvalue weighted by molar-refractivity contribution is 0.276. The Balaban J connectivity index is 1.93. The minimum atomic E-state index is 0.754. The fourth-order valence-electron chi connectivity index (χ4n) is 2.10. The van der Waals surface area contributed by atoms with E-state index in [2.05, 4.69) is 17.1 Å². The first kappa shape index (κ1) is 11.4. The molecule has 1 unspecified atom stereocenters. The molecule has 0 bridgehead atoms. The highest BCUT2D eigenvalue weighted by molar-refractivity contribution is 7.80. The second-order valence-corrected chi connectivity index (χ2v) is 4.88. The number of hydrogen-bond donors (Lipinski definition) is 1. The number of thiocarbonyl (C=S) groups is 1. The Morgan fingerprint density at radius 3 is 2.81 bits per heavy atom. The van der Waals surface area contributed by atoms with Crippen LogP contribution in [0.1, 0.15) is 19.8 Å². The van der Waals surface area contributed by atoms with Crippen molar-refractivity contribution < 1.29 is 0 Å². The van der Waals surface area contributed by atoms with Crippen LogP contribution in [-0.4, -0.2) is 23.1 Å². The lowest BCUT2D eigenvalue weighted by atomic mass is 10.0. The molecular weight excluding hydrogens is 216 g/mol. The predicted octanol–water partition coefficient (Wildman–Crippen LogP) is 3.12. The quantitative estimate of drug-likeness (QED) is 0.752. The normalized spacial score (nSPS) is 20.6. The molecule has 1 aliphatic heterocycles. The number of rotatable bonds is 1. The van der Waals surface area contributed by atoms with Crippen LogP contribution >= 0.6 is 12.2 Å². The lowest BCUT2D eigenvalue weighted by Crippen LogP contribution is -2.41. The fraction of sp³-hybridized carbons (Fsp3) is 0.462. The van der Waals surface area contributed by atoms with Crippen molar-refractivity contribution in [1.82, 2.24) is 4.90 Å². The van der Waals surface area contributed by atoms with E-state index in [-0.39, 0.29) is 0 Å². The van der Waals surface area contributed by atoms with E-state index in [1.165, 1.54) is 12.8 Å². The van der Waals surface area contributed by atoms with Crippen LogP contribution in [-0.2, 0) is 0 Å². The van der Waals surface area contributed by atoms with Crippen molar-refractivity contribution in [2.75, 3.05) is 18.4 Å². The number of nitrogens with one attached hydrogen (secondary N) is 1. The Bertz CT molecular complexity index is 350. The van der Waals surface area contributed by atoms with Gasteiger partial charge in [-0.05, 0) is 43.1 Å². The van der Waals surface area contributed by atoms with Gasteiger partial charge in [0.1, 0.15) is 0 Å². The largest absolute Gasteiger partial charge is 0.349 e. The van der Waals surface area contributed by atoms with Gasteiger partial charge < -0.3 is 10.2 Å².